The average molecular weight is 280 g/mol. The van der Waals surface area contributed by atoms with Crippen molar-refractivity contribution in [3.8, 4) is 0 Å². The van der Waals surface area contributed by atoms with Crippen LogP contribution in [0.1, 0.15) is 50.2 Å². The molecule has 2 nitrogen and oxygen atoms in total. The van der Waals surface area contributed by atoms with Crippen molar-refractivity contribution in [3.63, 3.8) is 0 Å². The van der Waals surface area contributed by atoms with Gasteiger partial charge in [-0.3, -0.25) is 4.79 Å². The summed E-state index contributed by atoms with van der Waals surface area (Å²) in [6, 6.07) is 8.61. The van der Waals surface area contributed by atoms with Gasteiger partial charge in [-0.15, -0.1) is 0 Å². The molecule has 1 aromatic carbocycles. The number of ether oxygens (including phenoxy) is 1. The summed E-state index contributed by atoms with van der Waals surface area (Å²) in [5, 5.41) is 0. The molecule has 0 unspecified atom stereocenters. The molecule has 0 saturated heterocycles. The first-order valence-electron chi connectivity index (χ1n) is 7.10. The molecule has 106 valence electrons. The maximum absolute atomic E-state index is 11.1. The van der Waals surface area contributed by atoms with Crippen LogP contribution in [0.5, 0.6) is 0 Å². The van der Waals surface area contributed by atoms with Crippen molar-refractivity contribution in [1.82, 2.24) is 0 Å². The van der Waals surface area contributed by atoms with Gasteiger partial charge in [0.1, 0.15) is 0 Å². The normalized spacial score (nSPS) is 10.4. The third-order valence-electron chi connectivity index (χ3n) is 3.08. The molecule has 1 aromatic rings. The highest BCUT2D eigenvalue weighted by Gasteiger charge is 2.01. The first kappa shape index (κ1) is 16.1. The fraction of sp³-hybridized carbons (Fsp3) is 0.562. The molecule has 0 N–H and O–H groups in total. The van der Waals surface area contributed by atoms with E-state index in [1.54, 1.807) is 0 Å². The van der Waals surface area contributed by atoms with Crippen LogP contribution in [0.2, 0.25) is 0 Å². The second kappa shape index (κ2) is 9.90. The molecule has 0 spiro atoms. The van der Waals surface area contributed by atoms with Crippen molar-refractivity contribution < 1.29 is 9.53 Å². The van der Waals surface area contributed by atoms with Crippen molar-refractivity contribution in [2.75, 3.05) is 6.61 Å². The van der Waals surface area contributed by atoms with E-state index in [1.165, 1.54) is 24.0 Å². The van der Waals surface area contributed by atoms with Crippen LogP contribution in [-0.2, 0) is 21.7 Å². The van der Waals surface area contributed by atoms with Crippen molar-refractivity contribution in [1.29, 1.82) is 0 Å². The Labute approximate surface area is 122 Å². The zero-order valence-electron chi connectivity index (χ0n) is 11.7. The lowest BCUT2D eigenvalue weighted by Crippen LogP contribution is -2.03. The molecular formula is C16H24O2S. The summed E-state index contributed by atoms with van der Waals surface area (Å²) in [5.74, 6) is 0.733. The molecule has 0 saturated carbocycles. The van der Waals surface area contributed by atoms with E-state index in [-0.39, 0.29) is 5.97 Å². The van der Waals surface area contributed by atoms with E-state index < -0.39 is 0 Å². The van der Waals surface area contributed by atoms with Crippen LogP contribution in [0.25, 0.3) is 0 Å². The topological polar surface area (TPSA) is 26.3 Å². The first-order chi connectivity index (χ1) is 9.26. The van der Waals surface area contributed by atoms with E-state index in [1.807, 2.05) is 6.92 Å². The summed E-state index contributed by atoms with van der Waals surface area (Å²) in [6.07, 6.45) is 6.06. The lowest BCUT2D eigenvalue weighted by molar-refractivity contribution is -0.143. The van der Waals surface area contributed by atoms with E-state index in [4.69, 9.17) is 4.74 Å². The third-order valence-corrected chi connectivity index (χ3v) is 3.44. The summed E-state index contributed by atoms with van der Waals surface area (Å²) in [5.41, 5.74) is 2.67. The van der Waals surface area contributed by atoms with E-state index in [0.717, 1.165) is 25.0 Å². The minimum Gasteiger partial charge on any atom is -0.466 e. The number of unbranched alkanes of at least 4 members (excludes halogenated alkanes) is 3. The fourth-order valence-electron chi connectivity index (χ4n) is 2.07. The van der Waals surface area contributed by atoms with Crippen molar-refractivity contribution in [2.45, 2.75) is 51.2 Å². The highest BCUT2D eigenvalue weighted by Crippen LogP contribution is 2.12. The molecule has 0 aliphatic carbocycles. The quantitative estimate of drug-likeness (QED) is 0.417. The van der Waals surface area contributed by atoms with Crippen molar-refractivity contribution in [3.05, 3.63) is 35.4 Å². The van der Waals surface area contributed by atoms with Gasteiger partial charge in [-0.1, -0.05) is 37.1 Å². The molecular weight excluding hydrogens is 256 g/mol. The standard InChI is InChI=1S/C16H24O2S/c1-2-18-16(17)11-6-4-3-5-8-14-9-7-10-15(12-14)13-19/h7,9-10,12,19H,2-6,8,11,13H2,1H3. The number of carbonyl (C=O) groups excluding carboxylic acids is 1. The molecule has 0 aliphatic heterocycles. The lowest BCUT2D eigenvalue weighted by atomic mass is 10.0. The molecule has 0 atom stereocenters. The minimum atomic E-state index is -0.0658. The monoisotopic (exact) mass is 280 g/mol. The van der Waals surface area contributed by atoms with Gasteiger partial charge in [0.05, 0.1) is 6.61 Å². The molecule has 19 heavy (non-hydrogen) atoms. The Morgan fingerprint density at radius 3 is 2.63 bits per heavy atom. The van der Waals surface area contributed by atoms with Crippen molar-refractivity contribution in [2.24, 2.45) is 0 Å². The van der Waals surface area contributed by atoms with Gasteiger partial charge in [0.15, 0.2) is 0 Å². The molecule has 0 bridgehead atoms. The Bertz CT molecular complexity index is 377. The summed E-state index contributed by atoms with van der Waals surface area (Å²) in [7, 11) is 0. The highest BCUT2D eigenvalue weighted by molar-refractivity contribution is 7.79. The van der Waals surface area contributed by atoms with Gasteiger partial charge in [0, 0.05) is 12.2 Å². The second-order valence-electron chi connectivity index (χ2n) is 4.70. The molecule has 0 amide bonds. The molecule has 0 aromatic heterocycles. The molecule has 1 rings (SSSR count). The largest absolute Gasteiger partial charge is 0.466 e. The van der Waals surface area contributed by atoms with Crippen LogP contribution in [0, 0.1) is 0 Å². The zero-order valence-corrected chi connectivity index (χ0v) is 12.6. The number of carbonyl (C=O) groups is 1. The van der Waals surface area contributed by atoms with E-state index in [9.17, 15) is 4.79 Å². The summed E-state index contributed by atoms with van der Waals surface area (Å²) < 4.78 is 4.90. The Morgan fingerprint density at radius 1 is 1.16 bits per heavy atom. The lowest BCUT2D eigenvalue weighted by Gasteiger charge is -2.04. The van der Waals surface area contributed by atoms with Crippen molar-refractivity contribution >= 4 is 18.6 Å². The predicted molar refractivity (Wildman–Crippen MR) is 82.6 cm³/mol. The Hall–Kier alpha value is -0.960. The second-order valence-corrected chi connectivity index (χ2v) is 5.01. The number of thiol groups is 1. The number of esters is 1. The summed E-state index contributed by atoms with van der Waals surface area (Å²) in [4.78, 5) is 11.1. The first-order valence-corrected chi connectivity index (χ1v) is 7.73. The number of hydrogen-bond acceptors (Lipinski definition) is 3. The Balaban J connectivity index is 2.08. The fourth-order valence-corrected chi connectivity index (χ4v) is 2.27. The Kier molecular flexibility index (Phi) is 8.39. The maximum atomic E-state index is 11.1. The van der Waals surface area contributed by atoms with Gasteiger partial charge in [0.2, 0.25) is 0 Å². The minimum absolute atomic E-state index is 0.0658. The molecule has 0 radical (unpaired) electrons. The van der Waals surface area contributed by atoms with Gasteiger partial charge in [-0.25, -0.2) is 0 Å². The van der Waals surface area contributed by atoms with Gasteiger partial charge < -0.3 is 4.74 Å². The molecule has 0 fully saturated rings. The van der Waals surface area contributed by atoms with Crippen LogP contribution in [0.3, 0.4) is 0 Å². The van der Waals surface area contributed by atoms with Crippen LogP contribution in [-0.4, -0.2) is 12.6 Å². The van der Waals surface area contributed by atoms with Crippen LogP contribution < -0.4 is 0 Å². The maximum Gasteiger partial charge on any atom is 0.305 e. The summed E-state index contributed by atoms with van der Waals surface area (Å²) in [6.45, 7) is 2.33. The van der Waals surface area contributed by atoms with E-state index in [2.05, 4.69) is 36.9 Å². The van der Waals surface area contributed by atoms with Gasteiger partial charge >= 0.3 is 5.97 Å². The number of benzene rings is 1. The highest BCUT2D eigenvalue weighted by atomic mass is 32.1. The van der Waals surface area contributed by atoms with Crippen LogP contribution in [0.4, 0.5) is 0 Å². The Morgan fingerprint density at radius 2 is 1.89 bits per heavy atom. The molecule has 3 heteroatoms. The SMILES string of the molecule is CCOC(=O)CCCCCCc1cccc(CS)c1. The van der Waals surface area contributed by atoms with E-state index in [0.29, 0.717) is 13.0 Å². The molecule has 0 heterocycles. The average Bonchev–Trinajstić information content (AvgIpc) is 2.43. The number of aryl methyl sites for hydroxylation is 1. The number of rotatable bonds is 9. The summed E-state index contributed by atoms with van der Waals surface area (Å²) >= 11 is 4.29. The molecule has 0 aliphatic rings. The smallest absolute Gasteiger partial charge is 0.305 e. The van der Waals surface area contributed by atoms with Gasteiger partial charge in [-0.2, -0.15) is 12.6 Å². The van der Waals surface area contributed by atoms with Crippen LogP contribution >= 0.6 is 12.6 Å². The van der Waals surface area contributed by atoms with Gasteiger partial charge in [0.25, 0.3) is 0 Å². The predicted octanol–water partition coefficient (Wildman–Crippen LogP) is 4.17. The van der Waals surface area contributed by atoms with Crippen LogP contribution in [0.15, 0.2) is 24.3 Å². The number of hydrogen-bond donors (Lipinski definition) is 1. The van der Waals surface area contributed by atoms with E-state index >= 15 is 0 Å². The van der Waals surface area contributed by atoms with Gasteiger partial charge in [-0.05, 0) is 37.3 Å². The third kappa shape index (κ3) is 7.26. The zero-order chi connectivity index (χ0) is 13.9.